The SMILES string of the molecule is CCCC(C)N(C)CCCCCCCN. The van der Waals surface area contributed by atoms with Gasteiger partial charge in [-0.1, -0.05) is 32.6 Å². The van der Waals surface area contributed by atoms with Crippen LogP contribution in [0.15, 0.2) is 0 Å². The number of hydrogen-bond acceptors (Lipinski definition) is 2. The molecule has 0 rings (SSSR count). The Bertz CT molecular complexity index is 126. The predicted octanol–water partition coefficient (Wildman–Crippen LogP) is 3.02. The lowest BCUT2D eigenvalue weighted by Crippen LogP contribution is -2.29. The van der Waals surface area contributed by atoms with Crippen LogP contribution in [-0.2, 0) is 0 Å². The van der Waals surface area contributed by atoms with Crippen LogP contribution >= 0.6 is 0 Å². The number of rotatable bonds is 10. The maximum Gasteiger partial charge on any atom is 0.00637 e. The highest BCUT2D eigenvalue weighted by Crippen LogP contribution is 2.07. The zero-order chi connectivity index (χ0) is 11.5. The molecule has 1 atom stereocenters. The molecular weight excluding hydrogens is 184 g/mol. The van der Waals surface area contributed by atoms with Gasteiger partial charge in [-0.15, -0.1) is 0 Å². The van der Waals surface area contributed by atoms with Crippen molar-refractivity contribution in [3.63, 3.8) is 0 Å². The van der Waals surface area contributed by atoms with Gasteiger partial charge < -0.3 is 10.6 Å². The Morgan fingerprint density at radius 1 is 1.07 bits per heavy atom. The largest absolute Gasteiger partial charge is 0.330 e. The van der Waals surface area contributed by atoms with Crippen LogP contribution in [-0.4, -0.2) is 31.1 Å². The van der Waals surface area contributed by atoms with E-state index in [1.165, 1.54) is 51.5 Å². The maximum absolute atomic E-state index is 5.46. The number of nitrogens with two attached hydrogens (primary N) is 1. The highest BCUT2D eigenvalue weighted by Gasteiger charge is 2.06. The van der Waals surface area contributed by atoms with E-state index in [1.54, 1.807) is 0 Å². The molecule has 15 heavy (non-hydrogen) atoms. The Balaban J connectivity index is 3.26. The molecule has 2 N–H and O–H groups in total. The van der Waals surface area contributed by atoms with Crippen LogP contribution in [0.5, 0.6) is 0 Å². The summed E-state index contributed by atoms with van der Waals surface area (Å²) in [5, 5.41) is 0. The Labute approximate surface area is 96.2 Å². The molecule has 0 aromatic heterocycles. The van der Waals surface area contributed by atoms with Gasteiger partial charge in [0.1, 0.15) is 0 Å². The molecule has 2 nitrogen and oxygen atoms in total. The predicted molar refractivity (Wildman–Crippen MR) is 69.1 cm³/mol. The van der Waals surface area contributed by atoms with Crippen molar-refractivity contribution < 1.29 is 0 Å². The van der Waals surface area contributed by atoms with Crippen molar-refractivity contribution in [1.82, 2.24) is 4.90 Å². The molecule has 0 radical (unpaired) electrons. The molecule has 0 heterocycles. The third-order valence-electron chi connectivity index (χ3n) is 3.17. The van der Waals surface area contributed by atoms with Crippen molar-refractivity contribution in [1.29, 1.82) is 0 Å². The summed E-state index contributed by atoms with van der Waals surface area (Å²) in [6, 6.07) is 0.749. The Morgan fingerprint density at radius 3 is 2.27 bits per heavy atom. The van der Waals surface area contributed by atoms with E-state index in [2.05, 4.69) is 25.8 Å². The smallest absolute Gasteiger partial charge is 0.00637 e. The first kappa shape index (κ1) is 14.9. The highest BCUT2D eigenvalue weighted by molar-refractivity contribution is 4.62. The summed E-state index contributed by atoms with van der Waals surface area (Å²) in [7, 11) is 2.25. The fourth-order valence-electron chi connectivity index (χ4n) is 1.89. The average Bonchev–Trinajstić information content (AvgIpc) is 2.23. The fourth-order valence-corrected chi connectivity index (χ4v) is 1.89. The lowest BCUT2D eigenvalue weighted by molar-refractivity contribution is 0.239. The number of nitrogens with zero attached hydrogens (tertiary/aromatic N) is 1. The second-order valence-corrected chi connectivity index (χ2v) is 4.67. The van der Waals surface area contributed by atoms with Crippen LogP contribution < -0.4 is 5.73 Å². The van der Waals surface area contributed by atoms with Crippen molar-refractivity contribution >= 4 is 0 Å². The summed E-state index contributed by atoms with van der Waals surface area (Å²) in [5.41, 5.74) is 5.46. The van der Waals surface area contributed by atoms with Gasteiger partial charge in [-0.25, -0.2) is 0 Å². The molecular formula is C13H30N2. The summed E-state index contributed by atoms with van der Waals surface area (Å²) in [5.74, 6) is 0. The fraction of sp³-hybridized carbons (Fsp3) is 1.00. The molecule has 0 saturated heterocycles. The van der Waals surface area contributed by atoms with Gasteiger partial charge >= 0.3 is 0 Å². The number of unbranched alkanes of at least 4 members (excludes halogenated alkanes) is 4. The standard InChI is InChI=1S/C13H30N2/c1-4-10-13(2)15(3)12-9-7-5-6-8-11-14/h13H,4-12,14H2,1-3H3. The monoisotopic (exact) mass is 214 g/mol. The molecule has 0 aromatic carbocycles. The molecule has 0 amide bonds. The third-order valence-corrected chi connectivity index (χ3v) is 3.17. The normalized spacial score (nSPS) is 13.4. The first-order chi connectivity index (χ1) is 7.22. The summed E-state index contributed by atoms with van der Waals surface area (Å²) < 4.78 is 0. The molecule has 0 aliphatic heterocycles. The van der Waals surface area contributed by atoms with Crippen LogP contribution in [0.3, 0.4) is 0 Å². The van der Waals surface area contributed by atoms with Gasteiger partial charge in [0.05, 0.1) is 0 Å². The van der Waals surface area contributed by atoms with Gasteiger partial charge in [0.15, 0.2) is 0 Å². The van der Waals surface area contributed by atoms with Gasteiger partial charge in [0, 0.05) is 6.04 Å². The maximum atomic E-state index is 5.46. The van der Waals surface area contributed by atoms with Crippen LogP contribution in [0.1, 0.15) is 58.8 Å². The second kappa shape index (κ2) is 10.4. The molecule has 2 heteroatoms. The van der Waals surface area contributed by atoms with Gasteiger partial charge in [-0.2, -0.15) is 0 Å². The van der Waals surface area contributed by atoms with E-state index >= 15 is 0 Å². The molecule has 1 unspecified atom stereocenters. The zero-order valence-corrected chi connectivity index (χ0v) is 11.0. The van der Waals surface area contributed by atoms with Crippen LogP contribution in [0.4, 0.5) is 0 Å². The number of hydrogen-bond donors (Lipinski definition) is 1. The molecule has 0 aliphatic rings. The lowest BCUT2D eigenvalue weighted by Gasteiger charge is -2.24. The van der Waals surface area contributed by atoms with Crippen molar-refractivity contribution in [2.75, 3.05) is 20.1 Å². The van der Waals surface area contributed by atoms with Crippen molar-refractivity contribution in [3.8, 4) is 0 Å². The molecule has 92 valence electrons. The lowest BCUT2D eigenvalue weighted by atomic mass is 10.1. The van der Waals surface area contributed by atoms with E-state index in [-0.39, 0.29) is 0 Å². The summed E-state index contributed by atoms with van der Waals surface area (Å²) in [6.07, 6.45) is 9.18. The van der Waals surface area contributed by atoms with E-state index in [0.717, 1.165) is 12.6 Å². The minimum Gasteiger partial charge on any atom is -0.330 e. The van der Waals surface area contributed by atoms with Crippen molar-refractivity contribution in [3.05, 3.63) is 0 Å². The Morgan fingerprint density at radius 2 is 1.67 bits per heavy atom. The van der Waals surface area contributed by atoms with Crippen LogP contribution in [0.2, 0.25) is 0 Å². The van der Waals surface area contributed by atoms with Crippen LogP contribution in [0.25, 0.3) is 0 Å². The minimum atomic E-state index is 0.749. The first-order valence-electron chi connectivity index (χ1n) is 6.62. The third kappa shape index (κ3) is 8.88. The first-order valence-corrected chi connectivity index (χ1v) is 6.62. The minimum absolute atomic E-state index is 0.749. The molecule has 0 spiro atoms. The van der Waals surface area contributed by atoms with Gasteiger partial charge in [-0.3, -0.25) is 0 Å². The molecule has 0 bridgehead atoms. The molecule has 0 aliphatic carbocycles. The van der Waals surface area contributed by atoms with E-state index in [9.17, 15) is 0 Å². The molecule has 0 fully saturated rings. The summed E-state index contributed by atoms with van der Waals surface area (Å²) >= 11 is 0. The van der Waals surface area contributed by atoms with E-state index < -0.39 is 0 Å². The summed E-state index contributed by atoms with van der Waals surface area (Å²) in [4.78, 5) is 2.49. The highest BCUT2D eigenvalue weighted by atomic mass is 15.1. The van der Waals surface area contributed by atoms with Gasteiger partial charge in [-0.05, 0) is 46.3 Å². The van der Waals surface area contributed by atoms with Crippen LogP contribution in [0, 0.1) is 0 Å². The van der Waals surface area contributed by atoms with E-state index in [1.807, 2.05) is 0 Å². The van der Waals surface area contributed by atoms with Gasteiger partial charge in [0.2, 0.25) is 0 Å². The van der Waals surface area contributed by atoms with Crippen molar-refractivity contribution in [2.45, 2.75) is 64.8 Å². The van der Waals surface area contributed by atoms with Crippen molar-refractivity contribution in [2.24, 2.45) is 5.73 Å². The molecule has 0 saturated carbocycles. The zero-order valence-electron chi connectivity index (χ0n) is 11.0. The summed E-state index contributed by atoms with van der Waals surface area (Å²) in [6.45, 7) is 6.70. The second-order valence-electron chi connectivity index (χ2n) is 4.67. The molecule has 0 aromatic rings. The Kier molecular flexibility index (Phi) is 10.4. The topological polar surface area (TPSA) is 29.3 Å². The van der Waals surface area contributed by atoms with E-state index in [4.69, 9.17) is 5.73 Å². The van der Waals surface area contributed by atoms with E-state index in [0.29, 0.717) is 0 Å². The quantitative estimate of drug-likeness (QED) is 0.566. The average molecular weight is 214 g/mol. The Hall–Kier alpha value is -0.0800. The van der Waals surface area contributed by atoms with Gasteiger partial charge in [0.25, 0.3) is 0 Å².